The first-order chi connectivity index (χ1) is 6.68. The van der Waals surface area contributed by atoms with Gasteiger partial charge < -0.3 is 0 Å². The van der Waals surface area contributed by atoms with Crippen LogP contribution < -0.4 is 0 Å². The van der Waals surface area contributed by atoms with Gasteiger partial charge in [0, 0.05) is 24.7 Å². The van der Waals surface area contributed by atoms with E-state index in [-0.39, 0.29) is 5.78 Å². The first-order valence-electron chi connectivity index (χ1n) is 5.10. The van der Waals surface area contributed by atoms with Crippen LogP contribution in [0, 0.1) is 5.92 Å². The SMILES string of the molecule is CC(C)CCC(=O)Cc1ccccn1. The maximum absolute atomic E-state index is 11.5. The monoisotopic (exact) mass is 191 g/mol. The summed E-state index contributed by atoms with van der Waals surface area (Å²) in [7, 11) is 0. The molecule has 0 aliphatic rings. The van der Waals surface area contributed by atoms with Crippen LogP contribution in [-0.4, -0.2) is 10.8 Å². The summed E-state index contributed by atoms with van der Waals surface area (Å²) < 4.78 is 0. The van der Waals surface area contributed by atoms with Crippen molar-refractivity contribution in [1.82, 2.24) is 4.98 Å². The Morgan fingerprint density at radius 1 is 1.43 bits per heavy atom. The minimum atomic E-state index is 0.289. The predicted molar refractivity (Wildman–Crippen MR) is 57.0 cm³/mol. The van der Waals surface area contributed by atoms with Gasteiger partial charge in [0.25, 0.3) is 0 Å². The Labute approximate surface area is 85.4 Å². The van der Waals surface area contributed by atoms with Gasteiger partial charge in [0.1, 0.15) is 5.78 Å². The molecular formula is C12H17NO. The molecule has 0 fully saturated rings. The predicted octanol–water partition coefficient (Wildman–Crippen LogP) is 2.63. The summed E-state index contributed by atoms with van der Waals surface area (Å²) in [6.07, 6.45) is 3.86. The van der Waals surface area contributed by atoms with E-state index >= 15 is 0 Å². The van der Waals surface area contributed by atoms with Crippen molar-refractivity contribution in [3.05, 3.63) is 30.1 Å². The van der Waals surface area contributed by atoms with Crippen molar-refractivity contribution >= 4 is 5.78 Å². The molecule has 0 aliphatic carbocycles. The molecule has 0 amide bonds. The first-order valence-corrected chi connectivity index (χ1v) is 5.10. The molecule has 2 nitrogen and oxygen atoms in total. The molecule has 2 heteroatoms. The lowest BCUT2D eigenvalue weighted by Crippen LogP contribution is -2.05. The smallest absolute Gasteiger partial charge is 0.138 e. The number of hydrogen-bond acceptors (Lipinski definition) is 2. The van der Waals surface area contributed by atoms with Crippen LogP contribution in [0.2, 0.25) is 0 Å². The second kappa shape index (κ2) is 5.53. The number of carbonyl (C=O) groups excluding carboxylic acids is 1. The van der Waals surface area contributed by atoms with Crippen molar-refractivity contribution in [3.63, 3.8) is 0 Å². The fourth-order valence-electron chi connectivity index (χ4n) is 1.24. The largest absolute Gasteiger partial charge is 0.299 e. The highest BCUT2D eigenvalue weighted by atomic mass is 16.1. The minimum Gasteiger partial charge on any atom is -0.299 e. The first kappa shape index (κ1) is 10.9. The van der Waals surface area contributed by atoms with Crippen LogP contribution in [0.3, 0.4) is 0 Å². The quantitative estimate of drug-likeness (QED) is 0.716. The van der Waals surface area contributed by atoms with Crippen LogP contribution in [0.15, 0.2) is 24.4 Å². The van der Waals surface area contributed by atoms with Gasteiger partial charge in [0.2, 0.25) is 0 Å². The van der Waals surface area contributed by atoms with Gasteiger partial charge in [0.05, 0.1) is 0 Å². The van der Waals surface area contributed by atoms with Crippen molar-refractivity contribution in [2.24, 2.45) is 5.92 Å². The van der Waals surface area contributed by atoms with Gasteiger partial charge in [-0.05, 0) is 24.5 Å². The fourth-order valence-corrected chi connectivity index (χ4v) is 1.24. The lowest BCUT2D eigenvalue weighted by Gasteiger charge is -2.03. The van der Waals surface area contributed by atoms with Crippen LogP contribution >= 0.6 is 0 Å². The molecule has 0 aliphatic heterocycles. The summed E-state index contributed by atoms with van der Waals surface area (Å²) in [5.74, 6) is 0.889. The maximum atomic E-state index is 11.5. The van der Waals surface area contributed by atoms with Crippen LogP contribution in [0.4, 0.5) is 0 Å². The van der Waals surface area contributed by atoms with E-state index in [1.807, 2.05) is 18.2 Å². The zero-order chi connectivity index (χ0) is 10.4. The third-order valence-corrected chi connectivity index (χ3v) is 2.10. The molecule has 14 heavy (non-hydrogen) atoms. The highest BCUT2D eigenvalue weighted by Crippen LogP contribution is 2.06. The number of carbonyl (C=O) groups is 1. The van der Waals surface area contributed by atoms with Crippen molar-refractivity contribution < 1.29 is 4.79 Å². The number of Topliss-reactive ketones (excluding diaryl/α,β-unsaturated/α-hetero) is 1. The Hall–Kier alpha value is -1.18. The highest BCUT2D eigenvalue weighted by Gasteiger charge is 2.05. The van der Waals surface area contributed by atoms with Gasteiger partial charge in [-0.15, -0.1) is 0 Å². The van der Waals surface area contributed by atoms with Crippen molar-refractivity contribution in [1.29, 1.82) is 0 Å². The average Bonchev–Trinajstić information content (AvgIpc) is 2.16. The van der Waals surface area contributed by atoms with E-state index in [0.717, 1.165) is 12.1 Å². The lowest BCUT2D eigenvalue weighted by atomic mass is 10.0. The topological polar surface area (TPSA) is 30.0 Å². The molecule has 0 spiro atoms. The normalized spacial score (nSPS) is 10.5. The van der Waals surface area contributed by atoms with Crippen LogP contribution in [0.1, 0.15) is 32.4 Å². The van der Waals surface area contributed by atoms with E-state index in [4.69, 9.17) is 0 Å². The molecular weight excluding hydrogens is 174 g/mol. The molecule has 1 aromatic heterocycles. The molecule has 0 radical (unpaired) electrons. The van der Waals surface area contributed by atoms with Gasteiger partial charge in [0.15, 0.2) is 0 Å². The van der Waals surface area contributed by atoms with Gasteiger partial charge in [-0.2, -0.15) is 0 Å². The molecule has 0 N–H and O–H groups in total. The van der Waals surface area contributed by atoms with Crippen molar-refractivity contribution in [3.8, 4) is 0 Å². The number of aromatic nitrogens is 1. The van der Waals surface area contributed by atoms with E-state index in [9.17, 15) is 4.79 Å². The number of ketones is 1. The number of rotatable bonds is 5. The summed E-state index contributed by atoms with van der Waals surface area (Å²) >= 11 is 0. The van der Waals surface area contributed by atoms with E-state index in [2.05, 4.69) is 18.8 Å². The second-order valence-corrected chi connectivity index (χ2v) is 3.97. The molecule has 0 saturated heterocycles. The summed E-state index contributed by atoms with van der Waals surface area (Å²) in [4.78, 5) is 15.6. The molecule has 76 valence electrons. The zero-order valence-electron chi connectivity index (χ0n) is 8.86. The van der Waals surface area contributed by atoms with E-state index in [0.29, 0.717) is 18.8 Å². The Kier molecular flexibility index (Phi) is 4.30. The van der Waals surface area contributed by atoms with Crippen LogP contribution in [0.25, 0.3) is 0 Å². The summed E-state index contributed by atoms with van der Waals surface area (Å²) in [6, 6.07) is 5.67. The number of pyridine rings is 1. The zero-order valence-corrected chi connectivity index (χ0v) is 8.86. The Morgan fingerprint density at radius 2 is 2.21 bits per heavy atom. The molecule has 1 heterocycles. The highest BCUT2D eigenvalue weighted by molar-refractivity contribution is 5.80. The lowest BCUT2D eigenvalue weighted by molar-refractivity contribution is -0.118. The Bertz CT molecular complexity index is 280. The molecule has 1 aromatic rings. The fraction of sp³-hybridized carbons (Fsp3) is 0.500. The molecule has 0 bridgehead atoms. The van der Waals surface area contributed by atoms with Gasteiger partial charge >= 0.3 is 0 Å². The molecule has 0 aromatic carbocycles. The standard InChI is InChI=1S/C12H17NO/c1-10(2)6-7-12(14)9-11-5-3-4-8-13-11/h3-5,8,10H,6-7,9H2,1-2H3. The third kappa shape index (κ3) is 4.17. The summed E-state index contributed by atoms with van der Waals surface area (Å²) in [5, 5.41) is 0. The van der Waals surface area contributed by atoms with E-state index in [1.54, 1.807) is 6.20 Å². The molecule has 0 unspecified atom stereocenters. The van der Waals surface area contributed by atoms with Crippen molar-refractivity contribution in [2.45, 2.75) is 33.1 Å². The maximum Gasteiger partial charge on any atom is 0.138 e. The van der Waals surface area contributed by atoms with Crippen LogP contribution in [-0.2, 0) is 11.2 Å². The Balaban J connectivity index is 2.35. The molecule has 1 rings (SSSR count). The van der Waals surface area contributed by atoms with Gasteiger partial charge in [-0.25, -0.2) is 0 Å². The second-order valence-electron chi connectivity index (χ2n) is 3.97. The average molecular weight is 191 g/mol. The number of nitrogens with zero attached hydrogens (tertiary/aromatic N) is 1. The van der Waals surface area contributed by atoms with Gasteiger partial charge in [-0.1, -0.05) is 19.9 Å². The van der Waals surface area contributed by atoms with Crippen molar-refractivity contribution in [2.75, 3.05) is 0 Å². The van der Waals surface area contributed by atoms with Crippen LogP contribution in [0.5, 0.6) is 0 Å². The van der Waals surface area contributed by atoms with E-state index < -0.39 is 0 Å². The summed E-state index contributed by atoms with van der Waals surface area (Å²) in [6.45, 7) is 4.27. The molecule has 0 saturated carbocycles. The van der Waals surface area contributed by atoms with Gasteiger partial charge in [-0.3, -0.25) is 9.78 Å². The Morgan fingerprint density at radius 3 is 2.79 bits per heavy atom. The minimum absolute atomic E-state index is 0.289. The van der Waals surface area contributed by atoms with E-state index in [1.165, 1.54) is 0 Å². The molecule has 0 atom stereocenters. The summed E-state index contributed by atoms with van der Waals surface area (Å²) in [5.41, 5.74) is 0.876. The number of hydrogen-bond donors (Lipinski definition) is 0. The third-order valence-electron chi connectivity index (χ3n) is 2.10.